The number of aliphatic hydroxyl groups is 3. The molecule has 9 nitrogen and oxygen atoms in total. The average Bonchev–Trinajstić information content (AvgIpc) is 2.41. The lowest BCUT2D eigenvalue weighted by Crippen LogP contribution is -2.57. The summed E-state index contributed by atoms with van der Waals surface area (Å²) in [6.07, 6.45) is -8.38. The molecule has 1 fully saturated rings. The maximum atomic E-state index is 11.5. The van der Waals surface area contributed by atoms with Crippen LogP contribution in [0.3, 0.4) is 0 Å². The number of hydrogen-bond acceptors (Lipinski definition) is 8. The molecule has 0 aromatic carbocycles. The molecular weight excluding hydrogens is 300 g/mol. The lowest BCUT2D eigenvalue weighted by Gasteiger charge is -2.39. The standard InChI is InChI=1S/C13H22O9/c1-5(4-8(14)21-7(3)12(18)19)20-13-11(17)10(16)9(15)6(2)22-13/h5-7,9-11,13,15-17H,4H2,1-3H3,(H,18,19)/t5?,6?,7?,9-,10?,11?,13+/m0/s1. The van der Waals surface area contributed by atoms with Gasteiger partial charge in [0.2, 0.25) is 0 Å². The fourth-order valence-electron chi connectivity index (χ4n) is 1.93. The van der Waals surface area contributed by atoms with Crippen LogP contribution < -0.4 is 0 Å². The van der Waals surface area contributed by atoms with E-state index in [4.69, 9.17) is 14.6 Å². The van der Waals surface area contributed by atoms with Gasteiger partial charge in [-0.15, -0.1) is 0 Å². The van der Waals surface area contributed by atoms with Crippen LogP contribution in [0.25, 0.3) is 0 Å². The molecule has 1 rings (SSSR count). The van der Waals surface area contributed by atoms with Gasteiger partial charge in [0.1, 0.15) is 18.3 Å². The second-order valence-corrected chi connectivity index (χ2v) is 5.30. The largest absolute Gasteiger partial charge is 0.479 e. The first kappa shape index (κ1) is 18.8. The molecule has 0 aromatic heterocycles. The number of aliphatic hydroxyl groups excluding tert-OH is 3. The number of carbonyl (C=O) groups excluding carboxylic acids is 1. The second kappa shape index (κ2) is 7.84. The van der Waals surface area contributed by atoms with Crippen LogP contribution in [0.2, 0.25) is 0 Å². The molecule has 0 radical (unpaired) electrons. The average molecular weight is 322 g/mol. The van der Waals surface area contributed by atoms with E-state index in [0.717, 1.165) is 0 Å². The second-order valence-electron chi connectivity index (χ2n) is 5.30. The van der Waals surface area contributed by atoms with Gasteiger partial charge in [0, 0.05) is 0 Å². The third kappa shape index (κ3) is 4.89. The smallest absolute Gasteiger partial charge is 0.344 e. The number of hydrogen-bond donors (Lipinski definition) is 4. The van der Waals surface area contributed by atoms with Crippen LogP contribution >= 0.6 is 0 Å². The van der Waals surface area contributed by atoms with Crippen LogP contribution in [0.15, 0.2) is 0 Å². The van der Waals surface area contributed by atoms with E-state index >= 15 is 0 Å². The van der Waals surface area contributed by atoms with Gasteiger partial charge < -0.3 is 34.6 Å². The first-order chi connectivity index (χ1) is 10.1. The summed E-state index contributed by atoms with van der Waals surface area (Å²) in [7, 11) is 0. The van der Waals surface area contributed by atoms with Gasteiger partial charge in [-0.1, -0.05) is 0 Å². The Morgan fingerprint density at radius 3 is 2.27 bits per heavy atom. The number of aliphatic carboxylic acids is 1. The molecule has 1 aliphatic heterocycles. The van der Waals surface area contributed by atoms with Gasteiger partial charge in [-0.05, 0) is 20.8 Å². The predicted octanol–water partition coefficient (Wildman–Crippen LogP) is -1.37. The Hall–Kier alpha value is -1.26. The highest BCUT2D eigenvalue weighted by Gasteiger charge is 2.43. The molecule has 0 aliphatic carbocycles. The molecule has 0 aromatic rings. The van der Waals surface area contributed by atoms with Gasteiger partial charge in [0.05, 0.1) is 18.6 Å². The minimum absolute atomic E-state index is 0.253. The topological polar surface area (TPSA) is 143 Å². The maximum absolute atomic E-state index is 11.5. The van der Waals surface area contributed by atoms with Crippen molar-refractivity contribution in [2.24, 2.45) is 0 Å². The van der Waals surface area contributed by atoms with Gasteiger partial charge in [-0.3, -0.25) is 4.79 Å². The first-order valence-corrected chi connectivity index (χ1v) is 6.90. The van der Waals surface area contributed by atoms with Crippen LogP contribution in [0.1, 0.15) is 27.2 Å². The molecule has 0 bridgehead atoms. The highest BCUT2D eigenvalue weighted by molar-refractivity contribution is 5.77. The number of carbonyl (C=O) groups is 2. The Bertz CT molecular complexity index is 399. The Kier molecular flexibility index (Phi) is 6.69. The van der Waals surface area contributed by atoms with Crippen molar-refractivity contribution in [3.63, 3.8) is 0 Å². The van der Waals surface area contributed by atoms with Crippen LogP contribution in [-0.2, 0) is 23.8 Å². The van der Waals surface area contributed by atoms with Crippen LogP contribution in [-0.4, -0.2) is 75.3 Å². The highest BCUT2D eigenvalue weighted by Crippen LogP contribution is 2.23. The molecule has 0 saturated carbocycles. The summed E-state index contributed by atoms with van der Waals surface area (Å²) in [5.41, 5.74) is 0. The first-order valence-electron chi connectivity index (χ1n) is 6.90. The van der Waals surface area contributed by atoms with Crippen LogP contribution in [0, 0.1) is 0 Å². The van der Waals surface area contributed by atoms with Crippen LogP contribution in [0.4, 0.5) is 0 Å². The van der Waals surface area contributed by atoms with Gasteiger partial charge in [-0.25, -0.2) is 4.79 Å². The SMILES string of the molecule is CC(CC(=O)OC(C)C(=O)O)O[C@@H]1OC(C)[C@H](O)C(O)C1O. The fourth-order valence-corrected chi connectivity index (χ4v) is 1.93. The third-order valence-electron chi connectivity index (χ3n) is 3.28. The Balaban J connectivity index is 2.49. The molecule has 9 heteroatoms. The molecule has 0 amide bonds. The van der Waals surface area contributed by atoms with Crippen molar-refractivity contribution >= 4 is 11.9 Å². The third-order valence-corrected chi connectivity index (χ3v) is 3.28. The number of esters is 1. The van der Waals surface area contributed by atoms with Crippen molar-refractivity contribution in [2.45, 2.75) is 70.1 Å². The lowest BCUT2D eigenvalue weighted by molar-refractivity contribution is -0.302. The van der Waals surface area contributed by atoms with Gasteiger partial charge in [-0.2, -0.15) is 0 Å². The van der Waals surface area contributed by atoms with Gasteiger partial charge in [0.15, 0.2) is 12.4 Å². The zero-order valence-corrected chi connectivity index (χ0v) is 12.6. The van der Waals surface area contributed by atoms with Crippen LogP contribution in [0.5, 0.6) is 0 Å². The van der Waals surface area contributed by atoms with E-state index < -0.39 is 54.9 Å². The molecule has 5 unspecified atom stereocenters. The monoisotopic (exact) mass is 322 g/mol. The summed E-state index contributed by atoms with van der Waals surface area (Å²) >= 11 is 0. The van der Waals surface area contributed by atoms with Crippen molar-refractivity contribution in [1.82, 2.24) is 0 Å². The number of ether oxygens (including phenoxy) is 3. The number of rotatable bonds is 6. The molecule has 1 heterocycles. The number of carboxylic acid groups (broad SMARTS) is 1. The molecule has 1 aliphatic rings. The Morgan fingerprint density at radius 2 is 1.73 bits per heavy atom. The van der Waals surface area contributed by atoms with E-state index in [-0.39, 0.29) is 6.42 Å². The minimum Gasteiger partial charge on any atom is -0.479 e. The van der Waals surface area contributed by atoms with Gasteiger partial charge >= 0.3 is 11.9 Å². The van der Waals surface area contributed by atoms with E-state index in [1.807, 2.05) is 0 Å². The molecule has 7 atom stereocenters. The van der Waals surface area contributed by atoms with E-state index in [1.165, 1.54) is 20.8 Å². The van der Waals surface area contributed by atoms with Crippen molar-refractivity contribution < 1.29 is 44.2 Å². The summed E-state index contributed by atoms with van der Waals surface area (Å²) in [5, 5.41) is 37.6. The van der Waals surface area contributed by atoms with Crippen molar-refractivity contribution in [2.75, 3.05) is 0 Å². The molecule has 1 saturated heterocycles. The van der Waals surface area contributed by atoms with Crippen molar-refractivity contribution in [1.29, 1.82) is 0 Å². The van der Waals surface area contributed by atoms with E-state index in [1.54, 1.807) is 0 Å². The predicted molar refractivity (Wildman–Crippen MR) is 70.7 cm³/mol. The summed E-state index contributed by atoms with van der Waals surface area (Å²) in [6, 6.07) is 0. The van der Waals surface area contributed by atoms with Crippen molar-refractivity contribution in [3.8, 4) is 0 Å². The normalized spacial score (nSPS) is 34.7. The summed E-state index contributed by atoms with van der Waals surface area (Å²) in [6.45, 7) is 4.23. The fraction of sp³-hybridized carbons (Fsp3) is 0.846. The van der Waals surface area contributed by atoms with Crippen molar-refractivity contribution in [3.05, 3.63) is 0 Å². The maximum Gasteiger partial charge on any atom is 0.344 e. The zero-order chi connectivity index (χ0) is 17.0. The highest BCUT2D eigenvalue weighted by atomic mass is 16.7. The summed E-state index contributed by atoms with van der Waals surface area (Å²) in [4.78, 5) is 22.1. The quantitative estimate of drug-likeness (QED) is 0.435. The van der Waals surface area contributed by atoms with E-state index in [0.29, 0.717) is 0 Å². The zero-order valence-electron chi connectivity index (χ0n) is 12.6. The summed E-state index contributed by atoms with van der Waals surface area (Å²) < 4.78 is 15.2. The van der Waals surface area contributed by atoms with E-state index in [2.05, 4.69) is 4.74 Å². The molecular formula is C13H22O9. The Morgan fingerprint density at radius 1 is 1.14 bits per heavy atom. The van der Waals surface area contributed by atoms with E-state index in [9.17, 15) is 24.9 Å². The summed E-state index contributed by atoms with van der Waals surface area (Å²) in [5.74, 6) is -2.04. The Labute approximate surface area is 127 Å². The molecule has 0 spiro atoms. The molecule has 4 N–H and O–H groups in total. The molecule has 22 heavy (non-hydrogen) atoms. The van der Waals surface area contributed by atoms with Gasteiger partial charge in [0.25, 0.3) is 0 Å². The number of carboxylic acids is 1. The lowest BCUT2D eigenvalue weighted by atomic mass is 10.00. The molecule has 128 valence electrons. The minimum atomic E-state index is -1.47.